The van der Waals surface area contributed by atoms with Gasteiger partial charge in [0, 0.05) is 25.0 Å². The van der Waals surface area contributed by atoms with Gasteiger partial charge >= 0.3 is 12.0 Å². The van der Waals surface area contributed by atoms with Gasteiger partial charge in [0.05, 0.1) is 5.69 Å². The SMILES string of the molecule is CC(C(=O)O)N1CCN(c2ccc(OCc3ccccn3)cc2)C1=O. The molecule has 1 N–H and O–H groups in total. The number of anilines is 1. The monoisotopic (exact) mass is 341 g/mol. The summed E-state index contributed by atoms with van der Waals surface area (Å²) >= 11 is 0. The summed E-state index contributed by atoms with van der Waals surface area (Å²) in [5.41, 5.74) is 1.55. The molecule has 2 heterocycles. The van der Waals surface area contributed by atoms with Crippen molar-refractivity contribution in [2.75, 3.05) is 18.0 Å². The second-order valence-electron chi connectivity index (χ2n) is 5.75. The minimum absolute atomic E-state index is 0.294. The van der Waals surface area contributed by atoms with E-state index in [1.807, 2.05) is 18.2 Å². The first kappa shape index (κ1) is 16.8. The molecule has 130 valence electrons. The molecule has 7 heteroatoms. The number of ether oxygens (including phenoxy) is 1. The van der Waals surface area contributed by atoms with E-state index in [2.05, 4.69) is 4.98 Å². The number of aromatic nitrogens is 1. The molecule has 1 aromatic carbocycles. The number of amides is 2. The number of rotatable bonds is 6. The molecule has 1 aliphatic heterocycles. The van der Waals surface area contributed by atoms with Crippen LogP contribution >= 0.6 is 0 Å². The largest absolute Gasteiger partial charge is 0.487 e. The van der Waals surface area contributed by atoms with E-state index < -0.39 is 12.0 Å². The molecule has 1 aromatic heterocycles. The Morgan fingerprint density at radius 3 is 2.64 bits per heavy atom. The van der Waals surface area contributed by atoms with Gasteiger partial charge in [0.25, 0.3) is 0 Å². The number of carboxylic acid groups (broad SMARTS) is 1. The molecule has 1 aliphatic rings. The van der Waals surface area contributed by atoms with Crippen LogP contribution in [0, 0.1) is 0 Å². The molecule has 7 nitrogen and oxygen atoms in total. The highest BCUT2D eigenvalue weighted by atomic mass is 16.5. The average molecular weight is 341 g/mol. The van der Waals surface area contributed by atoms with Crippen molar-refractivity contribution in [3.05, 3.63) is 54.4 Å². The number of carbonyl (C=O) groups is 2. The first-order chi connectivity index (χ1) is 12.1. The molecule has 3 rings (SSSR count). The molecule has 1 fully saturated rings. The molecule has 1 unspecified atom stereocenters. The Hall–Kier alpha value is -3.09. The van der Waals surface area contributed by atoms with Crippen molar-refractivity contribution in [2.24, 2.45) is 0 Å². The summed E-state index contributed by atoms with van der Waals surface area (Å²) in [6.45, 7) is 2.74. The normalized spacial score (nSPS) is 15.3. The fourth-order valence-corrected chi connectivity index (χ4v) is 2.65. The fourth-order valence-electron chi connectivity index (χ4n) is 2.65. The minimum Gasteiger partial charge on any atom is -0.487 e. The van der Waals surface area contributed by atoms with Crippen molar-refractivity contribution >= 4 is 17.7 Å². The van der Waals surface area contributed by atoms with E-state index in [1.165, 1.54) is 11.8 Å². The van der Waals surface area contributed by atoms with E-state index in [4.69, 9.17) is 9.84 Å². The number of urea groups is 1. The number of carboxylic acids is 1. The number of hydrogen-bond donors (Lipinski definition) is 1. The maximum atomic E-state index is 12.4. The zero-order valence-corrected chi connectivity index (χ0v) is 13.8. The van der Waals surface area contributed by atoms with Gasteiger partial charge in [-0.05, 0) is 43.3 Å². The number of pyridine rings is 1. The summed E-state index contributed by atoms with van der Waals surface area (Å²) in [5, 5.41) is 9.07. The summed E-state index contributed by atoms with van der Waals surface area (Å²) < 4.78 is 5.67. The quantitative estimate of drug-likeness (QED) is 0.872. The van der Waals surface area contributed by atoms with Gasteiger partial charge in [0.2, 0.25) is 0 Å². The molecule has 0 spiro atoms. The Labute approximate surface area is 145 Å². The van der Waals surface area contributed by atoms with Crippen molar-refractivity contribution < 1.29 is 19.4 Å². The zero-order chi connectivity index (χ0) is 17.8. The van der Waals surface area contributed by atoms with Crippen molar-refractivity contribution in [3.8, 4) is 5.75 Å². The van der Waals surface area contributed by atoms with Gasteiger partial charge in [-0.1, -0.05) is 6.07 Å². The number of aliphatic carboxylic acids is 1. The lowest BCUT2D eigenvalue weighted by Gasteiger charge is -2.21. The van der Waals surface area contributed by atoms with E-state index in [-0.39, 0.29) is 6.03 Å². The Kier molecular flexibility index (Phi) is 4.83. The van der Waals surface area contributed by atoms with Crippen LogP contribution in [0.3, 0.4) is 0 Å². The van der Waals surface area contributed by atoms with Crippen molar-refractivity contribution in [1.29, 1.82) is 0 Å². The number of carbonyl (C=O) groups excluding carboxylic acids is 1. The smallest absolute Gasteiger partial charge is 0.326 e. The van der Waals surface area contributed by atoms with E-state index >= 15 is 0 Å². The maximum absolute atomic E-state index is 12.4. The van der Waals surface area contributed by atoms with E-state index in [0.717, 1.165) is 11.4 Å². The van der Waals surface area contributed by atoms with Crippen LogP contribution in [0.1, 0.15) is 12.6 Å². The summed E-state index contributed by atoms with van der Waals surface area (Å²) in [5.74, 6) is -0.328. The Morgan fingerprint density at radius 1 is 1.24 bits per heavy atom. The summed E-state index contributed by atoms with van der Waals surface area (Å²) in [4.78, 5) is 30.6. The first-order valence-electron chi connectivity index (χ1n) is 8.00. The van der Waals surface area contributed by atoms with Gasteiger partial charge in [-0.2, -0.15) is 0 Å². The number of nitrogens with zero attached hydrogens (tertiary/aromatic N) is 3. The summed E-state index contributed by atoms with van der Waals surface area (Å²) in [7, 11) is 0. The zero-order valence-electron chi connectivity index (χ0n) is 13.8. The molecule has 1 saturated heterocycles. The van der Waals surface area contributed by atoms with Crippen molar-refractivity contribution in [2.45, 2.75) is 19.6 Å². The van der Waals surface area contributed by atoms with Crippen LogP contribution in [0.2, 0.25) is 0 Å². The highest BCUT2D eigenvalue weighted by Gasteiger charge is 2.35. The van der Waals surface area contributed by atoms with Gasteiger partial charge in [-0.3, -0.25) is 9.88 Å². The standard InChI is InChI=1S/C18H19N3O4/c1-13(17(22)23)20-10-11-21(18(20)24)15-5-7-16(8-6-15)25-12-14-4-2-3-9-19-14/h2-9,13H,10-12H2,1H3,(H,22,23). The van der Waals surface area contributed by atoms with Gasteiger partial charge in [-0.15, -0.1) is 0 Å². The third kappa shape index (κ3) is 3.71. The summed E-state index contributed by atoms with van der Waals surface area (Å²) in [6, 6.07) is 11.7. The lowest BCUT2D eigenvalue weighted by molar-refractivity contribution is -0.141. The second-order valence-corrected chi connectivity index (χ2v) is 5.75. The van der Waals surface area contributed by atoms with Gasteiger partial charge in [0.1, 0.15) is 18.4 Å². The van der Waals surface area contributed by atoms with Crippen LogP contribution in [-0.4, -0.2) is 46.1 Å². The van der Waals surface area contributed by atoms with Crippen LogP contribution in [0.15, 0.2) is 48.7 Å². The second kappa shape index (κ2) is 7.21. The third-order valence-corrected chi connectivity index (χ3v) is 4.13. The molecule has 25 heavy (non-hydrogen) atoms. The van der Waals surface area contributed by atoms with Crippen LogP contribution in [-0.2, 0) is 11.4 Å². The number of benzene rings is 1. The predicted molar refractivity (Wildman–Crippen MR) is 91.6 cm³/mol. The highest BCUT2D eigenvalue weighted by molar-refractivity contribution is 5.96. The molecule has 1 atom stereocenters. The molecule has 0 saturated carbocycles. The van der Waals surface area contributed by atoms with Crippen LogP contribution < -0.4 is 9.64 Å². The molecular formula is C18H19N3O4. The summed E-state index contributed by atoms with van der Waals surface area (Å²) in [6.07, 6.45) is 1.71. The maximum Gasteiger partial charge on any atom is 0.326 e. The molecule has 0 aliphatic carbocycles. The molecule has 0 bridgehead atoms. The first-order valence-corrected chi connectivity index (χ1v) is 8.00. The van der Waals surface area contributed by atoms with Crippen LogP contribution in [0.4, 0.5) is 10.5 Å². The molecule has 2 aromatic rings. The lowest BCUT2D eigenvalue weighted by Crippen LogP contribution is -2.42. The fraction of sp³-hybridized carbons (Fsp3) is 0.278. The van der Waals surface area contributed by atoms with E-state index in [9.17, 15) is 9.59 Å². The van der Waals surface area contributed by atoms with E-state index in [1.54, 1.807) is 35.4 Å². The van der Waals surface area contributed by atoms with Crippen molar-refractivity contribution in [1.82, 2.24) is 9.88 Å². The topological polar surface area (TPSA) is 83.0 Å². The van der Waals surface area contributed by atoms with E-state index in [0.29, 0.717) is 25.4 Å². The number of hydrogen-bond acceptors (Lipinski definition) is 4. The minimum atomic E-state index is -1.01. The Bertz CT molecular complexity index is 749. The molecular weight excluding hydrogens is 322 g/mol. The third-order valence-electron chi connectivity index (χ3n) is 4.13. The van der Waals surface area contributed by atoms with Crippen LogP contribution in [0.25, 0.3) is 0 Å². The van der Waals surface area contributed by atoms with Crippen LogP contribution in [0.5, 0.6) is 5.75 Å². The highest BCUT2D eigenvalue weighted by Crippen LogP contribution is 2.24. The van der Waals surface area contributed by atoms with Gasteiger partial charge in [-0.25, -0.2) is 9.59 Å². The average Bonchev–Trinajstić information content (AvgIpc) is 3.02. The van der Waals surface area contributed by atoms with Gasteiger partial charge < -0.3 is 14.7 Å². The Morgan fingerprint density at radius 2 is 2.00 bits per heavy atom. The predicted octanol–water partition coefficient (Wildman–Crippen LogP) is 2.38. The molecule has 0 radical (unpaired) electrons. The Balaban J connectivity index is 1.63. The van der Waals surface area contributed by atoms with Gasteiger partial charge in [0.15, 0.2) is 0 Å². The van der Waals surface area contributed by atoms with Crippen molar-refractivity contribution in [3.63, 3.8) is 0 Å². The lowest BCUT2D eigenvalue weighted by atomic mass is 10.3. The molecule has 2 amide bonds.